The maximum Gasteiger partial charge on any atom is 0.262 e. The van der Waals surface area contributed by atoms with E-state index in [1.54, 1.807) is 11.3 Å². The molecule has 6 nitrogen and oxygen atoms in total. The molecule has 28 heavy (non-hydrogen) atoms. The van der Waals surface area contributed by atoms with Gasteiger partial charge in [0.25, 0.3) is 5.91 Å². The van der Waals surface area contributed by atoms with Crippen LogP contribution >= 0.6 is 11.3 Å². The first-order valence-corrected chi connectivity index (χ1v) is 11.0. The number of ether oxygens (including phenoxy) is 1. The molecule has 148 valence electrons. The van der Waals surface area contributed by atoms with Crippen molar-refractivity contribution in [2.75, 3.05) is 18.5 Å². The molecule has 1 fully saturated rings. The number of hydrogen-bond donors (Lipinski definition) is 1. The number of nitrogens with one attached hydrogen (secondary N) is 1. The predicted octanol–water partition coefficient (Wildman–Crippen LogP) is 4.42. The topological polar surface area (TPSA) is 68.0 Å². The maximum absolute atomic E-state index is 11.7. The van der Waals surface area contributed by atoms with Gasteiger partial charge in [-0.1, -0.05) is 19.3 Å². The highest BCUT2D eigenvalue weighted by Gasteiger charge is 2.18. The van der Waals surface area contributed by atoms with Crippen LogP contribution in [0.3, 0.4) is 0 Å². The lowest BCUT2D eigenvalue weighted by Crippen LogP contribution is -2.25. The molecule has 0 saturated heterocycles. The normalized spacial score (nSPS) is 18.0. The Morgan fingerprint density at radius 3 is 2.75 bits per heavy atom. The number of amides is 1. The van der Waals surface area contributed by atoms with Gasteiger partial charge in [-0.3, -0.25) is 9.79 Å². The smallest absolute Gasteiger partial charge is 0.262 e. The zero-order valence-corrected chi connectivity index (χ0v) is 17.1. The Labute approximate surface area is 169 Å². The van der Waals surface area contributed by atoms with Crippen LogP contribution in [0.2, 0.25) is 0 Å². The van der Waals surface area contributed by atoms with Gasteiger partial charge in [-0.2, -0.15) is 5.10 Å². The van der Waals surface area contributed by atoms with Gasteiger partial charge in [0.2, 0.25) is 4.80 Å². The molecule has 1 aromatic heterocycles. The third kappa shape index (κ3) is 4.19. The Morgan fingerprint density at radius 2 is 1.96 bits per heavy atom. The second kappa shape index (κ2) is 8.73. The summed E-state index contributed by atoms with van der Waals surface area (Å²) in [6.07, 6.45) is 8.45. The van der Waals surface area contributed by atoms with E-state index in [0.29, 0.717) is 11.4 Å². The minimum absolute atomic E-state index is 0.0674. The molecule has 0 spiro atoms. The number of nitrogens with zero attached hydrogens (tertiary/aromatic N) is 3. The van der Waals surface area contributed by atoms with Gasteiger partial charge in [-0.25, -0.2) is 4.68 Å². The summed E-state index contributed by atoms with van der Waals surface area (Å²) in [5.74, 6) is 0.578. The van der Waals surface area contributed by atoms with Crippen molar-refractivity contribution in [3.63, 3.8) is 0 Å². The van der Waals surface area contributed by atoms with E-state index in [1.165, 1.54) is 37.8 Å². The molecule has 0 radical (unpaired) electrons. The van der Waals surface area contributed by atoms with Crippen molar-refractivity contribution in [1.82, 2.24) is 4.68 Å². The zero-order valence-electron chi connectivity index (χ0n) is 16.2. The Kier molecular flexibility index (Phi) is 5.90. The molecule has 2 heterocycles. The summed E-state index contributed by atoms with van der Waals surface area (Å²) in [5, 5.41) is 10.0. The first kappa shape index (κ1) is 18.9. The number of rotatable bonds is 3. The highest BCUT2D eigenvalue weighted by molar-refractivity contribution is 7.07. The molecule has 1 amide bonds. The van der Waals surface area contributed by atoms with Gasteiger partial charge in [0.1, 0.15) is 5.75 Å². The number of anilines is 1. The van der Waals surface area contributed by atoms with E-state index in [9.17, 15) is 4.79 Å². The summed E-state index contributed by atoms with van der Waals surface area (Å²) < 4.78 is 7.47. The van der Waals surface area contributed by atoms with E-state index in [1.807, 2.05) is 29.8 Å². The fourth-order valence-corrected chi connectivity index (χ4v) is 4.53. The fraction of sp³-hybridized carbons (Fsp3) is 0.476. The lowest BCUT2D eigenvalue weighted by atomic mass is 9.99. The molecule has 7 heteroatoms. The van der Waals surface area contributed by atoms with Crippen LogP contribution in [0.5, 0.6) is 5.75 Å². The summed E-state index contributed by atoms with van der Waals surface area (Å²) in [7, 11) is 0. The Bertz CT molecular complexity index is 948. The third-order valence-corrected chi connectivity index (χ3v) is 5.91. The summed E-state index contributed by atoms with van der Waals surface area (Å²) in [6.45, 7) is 2.83. The van der Waals surface area contributed by atoms with Crippen molar-refractivity contribution >= 4 is 28.6 Å². The van der Waals surface area contributed by atoms with Gasteiger partial charge >= 0.3 is 0 Å². The van der Waals surface area contributed by atoms with Crippen molar-refractivity contribution in [2.24, 2.45) is 10.1 Å². The molecule has 1 N–H and O–H groups in total. The van der Waals surface area contributed by atoms with Gasteiger partial charge in [0, 0.05) is 23.2 Å². The Hall–Kier alpha value is -2.41. The van der Waals surface area contributed by atoms with Crippen molar-refractivity contribution in [3.05, 3.63) is 28.4 Å². The van der Waals surface area contributed by atoms with E-state index in [2.05, 4.69) is 15.7 Å². The number of benzene rings is 1. The first-order chi connectivity index (χ1) is 13.7. The molecular weight excluding hydrogens is 372 g/mol. The zero-order chi connectivity index (χ0) is 19.3. The van der Waals surface area contributed by atoms with Crippen molar-refractivity contribution in [2.45, 2.75) is 51.9 Å². The lowest BCUT2D eigenvalue weighted by Gasteiger charge is -2.18. The number of aromatic nitrogens is 1. The first-order valence-electron chi connectivity index (χ1n) is 10.1. The van der Waals surface area contributed by atoms with Crippen molar-refractivity contribution in [1.29, 1.82) is 0 Å². The van der Waals surface area contributed by atoms with Gasteiger partial charge in [0.15, 0.2) is 6.61 Å². The number of carbonyl (C=O) groups excluding carboxylic acids is 1. The summed E-state index contributed by atoms with van der Waals surface area (Å²) in [4.78, 5) is 17.2. The number of thiazole rings is 1. The largest absolute Gasteiger partial charge is 0.482 e. The molecule has 1 aromatic carbocycles. The van der Waals surface area contributed by atoms with Gasteiger partial charge < -0.3 is 10.1 Å². The van der Waals surface area contributed by atoms with Crippen LogP contribution < -0.4 is 14.9 Å². The van der Waals surface area contributed by atoms with Crippen molar-refractivity contribution < 1.29 is 9.53 Å². The van der Waals surface area contributed by atoms with Gasteiger partial charge in [0.05, 0.1) is 11.4 Å². The number of carbonyl (C=O) groups is 1. The van der Waals surface area contributed by atoms with Crippen LogP contribution in [-0.4, -0.2) is 29.4 Å². The van der Waals surface area contributed by atoms with E-state index >= 15 is 0 Å². The molecule has 1 aliphatic heterocycles. The number of fused-ring (bicyclic) bond motifs is 1. The average Bonchev–Trinajstić information content (AvgIpc) is 3.06. The van der Waals surface area contributed by atoms with Crippen LogP contribution in [0.4, 0.5) is 5.69 Å². The van der Waals surface area contributed by atoms with Gasteiger partial charge in [-0.15, -0.1) is 11.3 Å². The Morgan fingerprint density at radius 1 is 1.18 bits per heavy atom. The van der Waals surface area contributed by atoms with E-state index < -0.39 is 0 Å². The average molecular weight is 399 g/mol. The monoisotopic (exact) mass is 398 g/mol. The van der Waals surface area contributed by atoms with Crippen LogP contribution in [0.15, 0.2) is 33.7 Å². The van der Waals surface area contributed by atoms with Crippen molar-refractivity contribution in [3.8, 4) is 17.0 Å². The quantitative estimate of drug-likeness (QED) is 0.832. The summed E-state index contributed by atoms with van der Waals surface area (Å²) in [6, 6.07) is 5.88. The SMILES string of the molecule is CCN=c1scc(-c2ccc3c(c2)NC(=O)CO3)n1N=C1CCCCCCC1. The molecule has 2 aromatic rings. The van der Waals surface area contributed by atoms with E-state index in [4.69, 9.17) is 9.84 Å². The standard InChI is InChI=1S/C21H26N4O2S/c1-2-22-21-25(24-16-8-6-4-3-5-7-9-16)18(14-28-21)15-10-11-19-17(12-15)23-20(26)13-27-19/h10-12,14H,2-9,13H2,1H3,(H,23,26). The summed E-state index contributed by atoms with van der Waals surface area (Å²) >= 11 is 1.60. The minimum atomic E-state index is -0.126. The third-order valence-electron chi connectivity index (χ3n) is 5.06. The molecule has 2 aliphatic rings. The molecular formula is C21H26N4O2S. The summed E-state index contributed by atoms with van der Waals surface area (Å²) in [5.41, 5.74) is 3.95. The molecule has 0 bridgehead atoms. The second-order valence-electron chi connectivity index (χ2n) is 7.17. The van der Waals surface area contributed by atoms with Crippen LogP contribution in [0.25, 0.3) is 11.3 Å². The molecule has 0 atom stereocenters. The van der Waals surface area contributed by atoms with Crippen LogP contribution in [0.1, 0.15) is 51.9 Å². The molecule has 0 unspecified atom stereocenters. The predicted molar refractivity (Wildman–Crippen MR) is 113 cm³/mol. The van der Waals surface area contributed by atoms with E-state index in [-0.39, 0.29) is 12.5 Å². The van der Waals surface area contributed by atoms with Crippen LogP contribution in [0, 0.1) is 0 Å². The molecule has 4 rings (SSSR count). The Balaban J connectivity index is 1.75. The second-order valence-corrected chi connectivity index (χ2v) is 8.01. The maximum atomic E-state index is 11.7. The molecule has 1 saturated carbocycles. The fourth-order valence-electron chi connectivity index (χ4n) is 3.64. The lowest BCUT2D eigenvalue weighted by molar-refractivity contribution is -0.118. The molecule has 1 aliphatic carbocycles. The highest BCUT2D eigenvalue weighted by atomic mass is 32.1. The van der Waals surface area contributed by atoms with Crippen LogP contribution in [-0.2, 0) is 4.79 Å². The van der Waals surface area contributed by atoms with Gasteiger partial charge in [-0.05, 0) is 50.8 Å². The minimum Gasteiger partial charge on any atom is -0.482 e. The van der Waals surface area contributed by atoms with E-state index in [0.717, 1.165) is 35.4 Å². The number of hydrogen-bond acceptors (Lipinski definition) is 5. The highest BCUT2D eigenvalue weighted by Crippen LogP contribution is 2.33.